The fourth-order valence-electron chi connectivity index (χ4n) is 3.49. The van der Waals surface area contributed by atoms with Crippen molar-refractivity contribution in [3.05, 3.63) is 22.5 Å². The molecule has 1 amide bonds. The maximum absolute atomic E-state index is 13.0. The van der Waals surface area contributed by atoms with Gasteiger partial charge in [0, 0.05) is 24.5 Å². The van der Waals surface area contributed by atoms with Crippen molar-refractivity contribution >= 4 is 23.8 Å². The summed E-state index contributed by atoms with van der Waals surface area (Å²) < 4.78 is 20.7. The van der Waals surface area contributed by atoms with Gasteiger partial charge < -0.3 is 29.6 Å². The second-order valence-corrected chi connectivity index (χ2v) is 7.12. The number of rotatable bonds is 9. The minimum atomic E-state index is -1.37. The molecule has 172 valence electrons. The van der Waals surface area contributed by atoms with Gasteiger partial charge in [0.25, 0.3) is 5.91 Å². The van der Waals surface area contributed by atoms with Crippen LogP contribution in [-0.4, -0.2) is 62.9 Å². The topological polar surface area (TPSA) is 129 Å². The number of hydrogen-bond acceptors (Lipinski definition) is 9. The molecular formula is C21H30N2O8. The number of carbonyl (C=O) groups excluding carboxylic acids is 4. The van der Waals surface area contributed by atoms with Crippen LogP contribution in [0.1, 0.15) is 40.5 Å². The molecule has 1 fully saturated rings. The molecule has 0 aromatic rings. The number of allylic oxidation sites excluding steroid dienone is 2. The van der Waals surface area contributed by atoms with Gasteiger partial charge in [-0.1, -0.05) is 0 Å². The molecule has 0 saturated carbocycles. The Hall–Kier alpha value is -2.88. The number of nitrogens with one attached hydrogen (secondary N) is 2. The molecule has 0 spiro atoms. The van der Waals surface area contributed by atoms with Crippen molar-refractivity contribution in [3.63, 3.8) is 0 Å². The second kappa shape index (κ2) is 11.5. The minimum absolute atomic E-state index is 0.0499. The summed E-state index contributed by atoms with van der Waals surface area (Å²) in [6.45, 7) is 7.03. The van der Waals surface area contributed by atoms with Crippen molar-refractivity contribution in [1.82, 2.24) is 10.6 Å². The lowest BCUT2D eigenvalue weighted by Crippen LogP contribution is -2.40. The van der Waals surface area contributed by atoms with Gasteiger partial charge in [0.15, 0.2) is 6.61 Å². The van der Waals surface area contributed by atoms with Crippen LogP contribution in [0.4, 0.5) is 0 Å². The third-order valence-electron chi connectivity index (χ3n) is 4.88. The highest BCUT2D eigenvalue weighted by atomic mass is 16.5. The van der Waals surface area contributed by atoms with Gasteiger partial charge in [0.2, 0.25) is 0 Å². The van der Waals surface area contributed by atoms with Crippen LogP contribution < -0.4 is 10.6 Å². The molecule has 10 heteroatoms. The van der Waals surface area contributed by atoms with E-state index in [1.807, 2.05) is 0 Å². The van der Waals surface area contributed by atoms with Crippen molar-refractivity contribution in [2.75, 3.05) is 33.0 Å². The predicted molar refractivity (Wildman–Crippen MR) is 108 cm³/mol. The smallest absolute Gasteiger partial charge is 0.337 e. The first-order valence-electron chi connectivity index (χ1n) is 10.4. The normalized spacial score (nSPS) is 19.0. The highest BCUT2D eigenvalue weighted by molar-refractivity contribution is 6.05. The molecule has 10 nitrogen and oxygen atoms in total. The molecular weight excluding hydrogens is 408 g/mol. The van der Waals surface area contributed by atoms with Crippen molar-refractivity contribution in [1.29, 1.82) is 0 Å². The lowest BCUT2D eigenvalue weighted by atomic mass is 9.85. The second-order valence-electron chi connectivity index (χ2n) is 7.12. The van der Waals surface area contributed by atoms with Crippen LogP contribution in [0.2, 0.25) is 0 Å². The van der Waals surface area contributed by atoms with Crippen LogP contribution in [0.25, 0.3) is 0 Å². The van der Waals surface area contributed by atoms with Crippen LogP contribution in [0, 0.1) is 5.92 Å². The Bertz CT molecular complexity index is 740. The number of hydrogen-bond donors (Lipinski definition) is 2. The number of carbonyl (C=O) groups is 4. The first-order valence-corrected chi connectivity index (χ1v) is 10.4. The highest BCUT2D eigenvalue weighted by Crippen LogP contribution is 2.32. The molecule has 2 aliphatic heterocycles. The van der Waals surface area contributed by atoms with Crippen LogP contribution in [-0.2, 0) is 38.1 Å². The molecule has 0 radical (unpaired) electrons. The summed E-state index contributed by atoms with van der Waals surface area (Å²) in [7, 11) is 0. The molecule has 31 heavy (non-hydrogen) atoms. The van der Waals surface area contributed by atoms with Gasteiger partial charge in [-0.05, 0) is 40.5 Å². The van der Waals surface area contributed by atoms with Gasteiger partial charge in [-0.25, -0.2) is 9.59 Å². The molecule has 2 aliphatic rings. The van der Waals surface area contributed by atoms with Crippen molar-refractivity contribution in [2.45, 2.75) is 46.6 Å². The summed E-state index contributed by atoms with van der Waals surface area (Å²) >= 11 is 0. The first kappa shape index (κ1) is 24.4. The van der Waals surface area contributed by atoms with E-state index in [-0.39, 0.29) is 30.5 Å². The Morgan fingerprint density at radius 2 is 1.58 bits per heavy atom. The lowest BCUT2D eigenvalue weighted by molar-refractivity contribution is -0.154. The zero-order valence-electron chi connectivity index (χ0n) is 18.4. The molecule has 0 bridgehead atoms. The molecule has 2 rings (SSSR count). The van der Waals surface area contributed by atoms with E-state index in [1.54, 1.807) is 27.7 Å². The van der Waals surface area contributed by atoms with Gasteiger partial charge >= 0.3 is 17.9 Å². The summed E-state index contributed by atoms with van der Waals surface area (Å²) in [5, 5.41) is 5.56. The maximum Gasteiger partial charge on any atom is 0.337 e. The quantitative estimate of drug-likeness (QED) is 0.395. The molecule has 1 atom stereocenters. The molecule has 1 saturated heterocycles. The third kappa shape index (κ3) is 6.30. The molecule has 0 aromatic heterocycles. The number of ether oxygens (including phenoxy) is 4. The number of esters is 3. The molecule has 2 N–H and O–H groups in total. The number of amides is 1. The van der Waals surface area contributed by atoms with Crippen LogP contribution >= 0.6 is 0 Å². The monoisotopic (exact) mass is 438 g/mol. The fraction of sp³-hybridized carbons (Fsp3) is 0.619. The maximum atomic E-state index is 13.0. The van der Waals surface area contributed by atoms with Crippen molar-refractivity contribution < 1.29 is 38.1 Å². The minimum Gasteiger partial charge on any atom is -0.463 e. The van der Waals surface area contributed by atoms with Gasteiger partial charge in [0.05, 0.1) is 30.5 Å². The Morgan fingerprint density at radius 3 is 2.06 bits per heavy atom. The van der Waals surface area contributed by atoms with E-state index in [1.165, 1.54) is 0 Å². The number of dihydropyridines is 1. The summed E-state index contributed by atoms with van der Waals surface area (Å²) in [5.41, 5.74) is 0.600. The molecule has 0 aromatic carbocycles. The van der Waals surface area contributed by atoms with Crippen LogP contribution in [0.3, 0.4) is 0 Å². The lowest BCUT2D eigenvalue weighted by Gasteiger charge is -2.28. The van der Waals surface area contributed by atoms with Gasteiger partial charge in [0.1, 0.15) is 5.92 Å². The SMILES string of the molecule is CCOC(=O)C1=C(C)NC(C)=C(C(=O)OCC)C1C(=O)OCC(=O)NCC1CCCO1. The van der Waals surface area contributed by atoms with Crippen LogP contribution in [0.15, 0.2) is 22.5 Å². The van der Waals surface area contributed by atoms with E-state index in [4.69, 9.17) is 18.9 Å². The zero-order valence-corrected chi connectivity index (χ0v) is 18.4. The first-order chi connectivity index (χ1) is 14.8. The van der Waals surface area contributed by atoms with Crippen LogP contribution in [0.5, 0.6) is 0 Å². The van der Waals surface area contributed by atoms with E-state index in [9.17, 15) is 19.2 Å². The van der Waals surface area contributed by atoms with Gasteiger partial charge in [-0.2, -0.15) is 0 Å². The van der Waals surface area contributed by atoms with E-state index in [0.717, 1.165) is 12.8 Å². The zero-order chi connectivity index (χ0) is 23.0. The van der Waals surface area contributed by atoms with Gasteiger partial charge in [-0.15, -0.1) is 0 Å². The Balaban J connectivity index is 2.16. The van der Waals surface area contributed by atoms with E-state index in [0.29, 0.717) is 24.5 Å². The van der Waals surface area contributed by atoms with Crippen molar-refractivity contribution in [2.24, 2.45) is 5.92 Å². The van der Waals surface area contributed by atoms with E-state index in [2.05, 4.69) is 10.6 Å². The molecule has 2 heterocycles. The largest absolute Gasteiger partial charge is 0.463 e. The summed E-state index contributed by atoms with van der Waals surface area (Å²) in [5.74, 6) is -4.31. The average molecular weight is 438 g/mol. The predicted octanol–water partition coefficient (Wildman–Crippen LogP) is 0.718. The highest BCUT2D eigenvalue weighted by Gasteiger charge is 2.42. The Labute approximate surface area is 181 Å². The third-order valence-corrected chi connectivity index (χ3v) is 4.88. The molecule has 0 aliphatic carbocycles. The van der Waals surface area contributed by atoms with E-state index < -0.39 is 36.3 Å². The summed E-state index contributed by atoms with van der Waals surface area (Å²) in [6, 6.07) is 0. The fourth-order valence-corrected chi connectivity index (χ4v) is 3.49. The van der Waals surface area contributed by atoms with E-state index >= 15 is 0 Å². The van der Waals surface area contributed by atoms with Gasteiger partial charge in [-0.3, -0.25) is 9.59 Å². The Morgan fingerprint density at radius 1 is 1.00 bits per heavy atom. The van der Waals surface area contributed by atoms with Crippen molar-refractivity contribution in [3.8, 4) is 0 Å². The summed E-state index contributed by atoms with van der Waals surface area (Å²) in [4.78, 5) is 50.1. The molecule has 1 unspecified atom stereocenters. The standard InChI is InChI=1S/C21H30N2O8/c1-5-28-19(25)16-12(3)23-13(4)17(20(26)29-6-2)18(16)21(27)31-11-15(24)22-10-14-8-7-9-30-14/h14,18,23H,5-11H2,1-4H3,(H,22,24). The average Bonchev–Trinajstić information content (AvgIpc) is 3.23. The Kier molecular flexibility index (Phi) is 9.04. The summed E-state index contributed by atoms with van der Waals surface area (Å²) in [6.07, 6.45) is 1.75.